The lowest BCUT2D eigenvalue weighted by Crippen LogP contribution is -2.28. The van der Waals surface area contributed by atoms with Crippen molar-refractivity contribution in [1.82, 2.24) is 9.38 Å². The molecule has 132 valence electrons. The van der Waals surface area contributed by atoms with Crippen molar-refractivity contribution in [3.63, 3.8) is 0 Å². The zero-order valence-corrected chi connectivity index (χ0v) is 14.5. The number of amides is 2. The van der Waals surface area contributed by atoms with Crippen LogP contribution in [0.25, 0.3) is 5.52 Å². The Bertz CT molecular complexity index is 971. The molecule has 2 amide bonds. The number of pyridine rings is 2. The molecule has 3 aromatic rings. The van der Waals surface area contributed by atoms with Crippen LogP contribution in [0.4, 0.5) is 11.5 Å². The lowest BCUT2D eigenvalue weighted by Gasteiger charge is -2.23. The highest BCUT2D eigenvalue weighted by atomic mass is 16.2. The van der Waals surface area contributed by atoms with E-state index in [9.17, 15) is 9.59 Å². The van der Waals surface area contributed by atoms with Crippen LogP contribution in [0.5, 0.6) is 0 Å². The zero-order chi connectivity index (χ0) is 18.1. The first kappa shape index (κ1) is 16.3. The van der Waals surface area contributed by atoms with E-state index in [1.54, 1.807) is 30.6 Å². The topological polar surface area (TPSA) is 75.5 Å². The van der Waals surface area contributed by atoms with Crippen LogP contribution in [0.1, 0.15) is 35.2 Å². The molecule has 1 fully saturated rings. The summed E-state index contributed by atoms with van der Waals surface area (Å²) in [7, 11) is 0. The van der Waals surface area contributed by atoms with Crippen molar-refractivity contribution in [2.45, 2.75) is 26.2 Å². The molecule has 26 heavy (non-hydrogen) atoms. The molecule has 4 rings (SSSR count). The fourth-order valence-corrected chi connectivity index (χ4v) is 3.03. The standard InChI is InChI=1S/C20H20N4O2/c1-13-9-17-7-5-15(12-24(17)11-13)20(26)23-18-8-6-16(10-21-18)22-19(25)14-3-2-4-14/h5-12,14H,2-4H2,1H3,(H,22,25)(H,21,23,26). The molecule has 0 saturated heterocycles. The Hall–Kier alpha value is -3.15. The average molecular weight is 348 g/mol. The molecule has 0 radical (unpaired) electrons. The second kappa shape index (κ2) is 6.63. The molecule has 0 atom stereocenters. The second-order valence-corrected chi connectivity index (χ2v) is 6.77. The van der Waals surface area contributed by atoms with Crippen LogP contribution in [0.15, 0.2) is 48.9 Å². The van der Waals surface area contributed by atoms with E-state index >= 15 is 0 Å². The van der Waals surface area contributed by atoms with E-state index < -0.39 is 0 Å². The molecule has 0 aliphatic heterocycles. The van der Waals surface area contributed by atoms with E-state index in [2.05, 4.69) is 21.7 Å². The van der Waals surface area contributed by atoms with E-state index in [0.717, 1.165) is 30.3 Å². The summed E-state index contributed by atoms with van der Waals surface area (Å²) in [4.78, 5) is 28.6. The zero-order valence-electron chi connectivity index (χ0n) is 14.5. The van der Waals surface area contributed by atoms with Crippen molar-refractivity contribution in [3.8, 4) is 0 Å². The summed E-state index contributed by atoms with van der Waals surface area (Å²) in [5.74, 6) is 0.393. The Labute approximate surface area is 151 Å². The molecule has 6 nitrogen and oxygen atoms in total. The maximum absolute atomic E-state index is 12.4. The van der Waals surface area contributed by atoms with Gasteiger partial charge in [0, 0.05) is 23.8 Å². The third-order valence-corrected chi connectivity index (χ3v) is 4.74. The van der Waals surface area contributed by atoms with Crippen molar-refractivity contribution in [2.24, 2.45) is 5.92 Å². The number of anilines is 2. The highest BCUT2D eigenvalue weighted by Crippen LogP contribution is 2.27. The Morgan fingerprint density at radius 2 is 1.96 bits per heavy atom. The van der Waals surface area contributed by atoms with Gasteiger partial charge in [0.25, 0.3) is 5.91 Å². The summed E-state index contributed by atoms with van der Waals surface area (Å²) in [6, 6.07) is 9.19. The fourth-order valence-electron chi connectivity index (χ4n) is 3.03. The lowest BCUT2D eigenvalue weighted by atomic mass is 9.85. The number of aromatic nitrogens is 2. The molecule has 2 N–H and O–H groups in total. The van der Waals surface area contributed by atoms with Gasteiger partial charge in [-0.1, -0.05) is 6.42 Å². The van der Waals surface area contributed by atoms with Gasteiger partial charge in [0.2, 0.25) is 5.91 Å². The van der Waals surface area contributed by atoms with Gasteiger partial charge in [-0.15, -0.1) is 0 Å². The van der Waals surface area contributed by atoms with E-state index in [4.69, 9.17) is 0 Å². The Kier molecular flexibility index (Phi) is 4.16. The maximum Gasteiger partial charge on any atom is 0.258 e. The predicted molar refractivity (Wildman–Crippen MR) is 100 cm³/mol. The third-order valence-electron chi connectivity index (χ3n) is 4.74. The number of rotatable bonds is 4. The average Bonchev–Trinajstić information content (AvgIpc) is 2.94. The Morgan fingerprint density at radius 3 is 2.65 bits per heavy atom. The molecule has 1 aliphatic carbocycles. The van der Waals surface area contributed by atoms with Crippen molar-refractivity contribution >= 4 is 28.8 Å². The first-order valence-corrected chi connectivity index (χ1v) is 8.75. The number of carbonyl (C=O) groups excluding carboxylic acids is 2. The number of hydrogen-bond acceptors (Lipinski definition) is 3. The summed E-state index contributed by atoms with van der Waals surface area (Å²) in [5.41, 5.74) is 3.38. The minimum Gasteiger partial charge on any atom is -0.324 e. The number of fused-ring (bicyclic) bond motifs is 1. The molecule has 3 heterocycles. The van der Waals surface area contributed by atoms with Crippen LogP contribution in [0, 0.1) is 12.8 Å². The number of nitrogens with zero attached hydrogens (tertiary/aromatic N) is 2. The second-order valence-electron chi connectivity index (χ2n) is 6.77. The normalized spacial score (nSPS) is 14.0. The molecular formula is C20H20N4O2. The van der Waals surface area contributed by atoms with Gasteiger partial charge in [0.1, 0.15) is 5.82 Å². The summed E-state index contributed by atoms with van der Waals surface area (Å²) in [6.07, 6.45) is 8.37. The third kappa shape index (κ3) is 3.31. The predicted octanol–water partition coefficient (Wildman–Crippen LogP) is 3.63. The molecular weight excluding hydrogens is 328 g/mol. The fraction of sp³-hybridized carbons (Fsp3) is 0.250. The van der Waals surface area contributed by atoms with Gasteiger partial charge in [-0.25, -0.2) is 4.98 Å². The minimum atomic E-state index is -0.225. The highest BCUT2D eigenvalue weighted by molar-refractivity contribution is 6.03. The molecule has 0 aromatic carbocycles. The molecule has 3 aromatic heterocycles. The van der Waals surface area contributed by atoms with Gasteiger partial charge in [-0.3, -0.25) is 9.59 Å². The van der Waals surface area contributed by atoms with Gasteiger partial charge in [-0.2, -0.15) is 0 Å². The molecule has 0 spiro atoms. The largest absolute Gasteiger partial charge is 0.324 e. The quantitative estimate of drug-likeness (QED) is 0.756. The number of carbonyl (C=O) groups is 2. The first-order chi connectivity index (χ1) is 12.6. The van der Waals surface area contributed by atoms with Gasteiger partial charge in [-0.05, 0) is 55.7 Å². The van der Waals surface area contributed by atoms with Crippen molar-refractivity contribution < 1.29 is 9.59 Å². The van der Waals surface area contributed by atoms with Crippen molar-refractivity contribution in [2.75, 3.05) is 10.6 Å². The van der Waals surface area contributed by atoms with Gasteiger partial charge in [0.15, 0.2) is 0 Å². The van der Waals surface area contributed by atoms with Gasteiger partial charge >= 0.3 is 0 Å². The van der Waals surface area contributed by atoms with Gasteiger partial charge < -0.3 is 15.0 Å². The van der Waals surface area contributed by atoms with Crippen LogP contribution < -0.4 is 10.6 Å². The first-order valence-electron chi connectivity index (χ1n) is 8.75. The highest BCUT2D eigenvalue weighted by Gasteiger charge is 2.25. The smallest absolute Gasteiger partial charge is 0.258 e. The summed E-state index contributed by atoms with van der Waals surface area (Å²) in [6.45, 7) is 2.02. The van der Waals surface area contributed by atoms with Gasteiger partial charge in [0.05, 0.1) is 17.4 Å². The number of aryl methyl sites for hydroxylation is 1. The summed E-state index contributed by atoms with van der Waals surface area (Å²) >= 11 is 0. The van der Waals surface area contributed by atoms with E-state index in [0.29, 0.717) is 17.1 Å². The van der Waals surface area contributed by atoms with E-state index in [-0.39, 0.29) is 17.7 Å². The summed E-state index contributed by atoms with van der Waals surface area (Å²) < 4.78 is 1.93. The van der Waals surface area contributed by atoms with Crippen LogP contribution in [-0.4, -0.2) is 21.2 Å². The Morgan fingerprint density at radius 1 is 1.12 bits per heavy atom. The maximum atomic E-state index is 12.4. The Balaban J connectivity index is 1.42. The van der Waals surface area contributed by atoms with Crippen LogP contribution in [-0.2, 0) is 4.79 Å². The van der Waals surface area contributed by atoms with Crippen molar-refractivity contribution in [1.29, 1.82) is 0 Å². The summed E-state index contributed by atoms with van der Waals surface area (Å²) in [5, 5.41) is 5.64. The number of nitrogens with one attached hydrogen (secondary N) is 2. The molecule has 1 saturated carbocycles. The van der Waals surface area contributed by atoms with E-state index in [1.807, 2.05) is 23.6 Å². The van der Waals surface area contributed by atoms with E-state index in [1.165, 1.54) is 0 Å². The lowest BCUT2D eigenvalue weighted by molar-refractivity contribution is -0.122. The van der Waals surface area contributed by atoms with Crippen LogP contribution in [0.3, 0.4) is 0 Å². The molecule has 0 unspecified atom stereocenters. The van der Waals surface area contributed by atoms with Crippen LogP contribution >= 0.6 is 0 Å². The number of hydrogen-bond donors (Lipinski definition) is 2. The van der Waals surface area contributed by atoms with Crippen LogP contribution in [0.2, 0.25) is 0 Å². The molecule has 1 aliphatic rings. The molecule has 6 heteroatoms. The SMILES string of the molecule is Cc1cc2ccc(C(=O)Nc3ccc(NC(=O)C4CCC4)cn3)cn2c1. The monoisotopic (exact) mass is 348 g/mol. The molecule has 0 bridgehead atoms. The minimum absolute atomic E-state index is 0.0464. The van der Waals surface area contributed by atoms with Crippen molar-refractivity contribution in [3.05, 3.63) is 60.0 Å².